The Bertz CT molecular complexity index is 1070. The fourth-order valence-corrected chi connectivity index (χ4v) is 4.93. The first kappa shape index (κ1) is 18.1. The van der Waals surface area contributed by atoms with Crippen molar-refractivity contribution in [2.45, 2.75) is 30.5 Å². The number of hydrogen-bond acceptors (Lipinski definition) is 4. The molecule has 0 fully saturated rings. The van der Waals surface area contributed by atoms with Gasteiger partial charge in [0, 0.05) is 16.7 Å². The number of benzene rings is 2. The van der Waals surface area contributed by atoms with Crippen molar-refractivity contribution in [3.05, 3.63) is 77.2 Å². The molecule has 0 atom stereocenters. The molecule has 0 unspecified atom stereocenters. The molecule has 0 radical (unpaired) electrons. The number of thiophene rings is 1. The maximum Gasteiger partial charge on any atom is 0.128 e. The summed E-state index contributed by atoms with van der Waals surface area (Å²) in [7, 11) is 0. The molecule has 136 valence electrons. The molecule has 4 rings (SSSR count). The fourth-order valence-electron chi connectivity index (χ4n) is 3.00. The van der Waals surface area contributed by atoms with Crippen LogP contribution in [0, 0.1) is 5.82 Å². The first-order chi connectivity index (χ1) is 13.1. The molecule has 2 aromatic carbocycles. The Kier molecular flexibility index (Phi) is 5.23. The van der Waals surface area contributed by atoms with E-state index >= 15 is 0 Å². The van der Waals surface area contributed by atoms with Crippen LogP contribution in [0.2, 0.25) is 0 Å². The number of thioether (sulfide) groups is 1. The highest BCUT2D eigenvalue weighted by molar-refractivity contribution is 7.98. The van der Waals surface area contributed by atoms with Gasteiger partial charge in [-0.1, -0.05) is 50.2 Å². The van der Waals surface area contributed by atoms with Crippen molar-refractivity contribution in [1.29, 1.82) is 0 Å². The molecule has 4 aromatic rings. The van der Waals surface area contributed by atoms with E-state index in [1.165, 1.54) is 17.2 Å². The van der Waals surface area contributed by atoms with E-state index in [9.17, 15) is 4.39 Å². The van der Waals surface area contributed by atoms with E-state index in [4.69, 9.17) is 0 Å². The average Bonchev–Trinajstić information content (AvgIpc) is 3.11. The molecule has 0 aliphatic rings. The quantitative estimate of drug-likeness (QED) is 0.272. The molecule has 5 heteroatoms. The van der Waals surface area contributed by atoms with Crippen LogP contribution in [0.3, 0.4) is 0 Å². The lowest BCUT2D eigenvalue weighted by Gasteiger charge is -2.08. The molecule has 0 aliphatic carbocycles. The molecular weight excluding hydrogens is 375 g/mol. The third-order valence-corrected chi connectivity index (χ3v) is 6.44. The minimum atomic E-state index is -0.206. The third-order valence-electron chi connectivity index (χ3n) is 4.49. The molecular formula is C22H19FN2S2. The van der Waals surface area contributed by atoms with Gasteiger partial charge in [-0.05, 0) is 34.7 Å². The Balaban J connectivity index is 1.69. The second-order valence-electron chi connectivity index (χ2n) is 6.70. The first-order valence-corrected chi connectivity index (χ1v) is 10.7. The van der Waals surface area contributed by atoms with Crippen LogP contribution in [-0.4, -0.2) is 9.97 Å². The Labute approximate surface area is 166 Å². The van der Waals surface area contributed by atoms with Gasteiger partial charge in [-0.25, -0.2) is 14.4 Å². The topological polar surface area (TPSA) is 25.8 Å². The highest BCUT2D eigenvalue weighted by Gasteiger charge is 2.14. The normalized spacial score (nSPS) is 11.4. The van der Waals surface area contributed by atoms with Crippen molar-refractivity contribution in [2.75, 3.05) is 0 Å². The predicted molar refractivity (Wildman–Crippen MR) is 113 cm³/mol. The van der Waals surface area contributed by atoms with E-state index in [0.29, 0.717) is 11.7 Å². The second-order valence-corrected chi connectivity index (χ2v) is 8.53. The maximum atomic E-state index is 13.4. The summed E-state index contributed by atoms with van der Waals surface area (Å²) < 4.78 is 13.4. The van der Waals surface area contributed by atoms with Crippen LogP contribution in [0.1, 0.15) is 30.9 Å². The highest BCUT2D eigenvalue weighted by atomic mass is 32.2. The lowest BCUT2D eigenvalue weighted by Crippen LogP contribution is -1.89. The van der Waals surface area contributed by atoms with Crippen LogP contribution < -0.4 is 0 Å². The Morgan fingerprint density at radius 1 is 1.07 bits per heavy atom. The van der Waals surface area contributed by atoms with E-state index in [-0.39, 0.29) is 5.82 Å². The molecule has 2 aromatic heterocycles. The van der Waals surface area contributed by atoms with E-state index < -0.39 is 0 Å². The van der Waals surface area contributed by atoms with Crippen LogP contribution in [-0.2, 0) is 5.75 Å². The van der Waals surface area contributed by atoms with Crippen molar-refractivity contribution >= 4 is 33.3 Å². The Hall–Kier alpha value is -2.24. The molecule has 27 heavy (non-hydrogen) atoms. The molecule has 0 saturated heterocycles. The minimum absolute atomic E-state index is 0.206. The summed E-state index contributed by atoms with van der Waals surface area (Å²) in [6, 6.07) is 15.4. The second kappa shape index (κ2) is 7.79. The van der Waals surface area contributed by atoms with Gasteiger partial charge in [0.05, 0.1) is 5.39 Å². The number of hydrogen-bond donors (Lipinski definition) is 0. The molecule has 0 N–H and O–H groups in total. The number of nitrogens with zero attached hydrogens (tertiary/aromatic N) is 2. The van der Waals surface area contributed by atoms with Crippen molar-refractivity contribution in [3.8, 4) is 11.1 Å². The van der Waals surface area contributed by atoms with Gasteiger partial charge in [-0.2, -0.15) is 0 Å². The smallest absolute Gasteiger partial charge is 0.128 e. The van der Waals surface area contributed by atoms with Crippen LogP contribution in [0.4, 0.5) is 4.39 Å². The number of fused-ring (bicyclic) bond motifs is 1. The molecule has 0 bridgehead atoms. The monoisotopic (exact) mass is 394 g/mol. The van der Waals surface area contributed by atoms with Gasteiger partial charge in [0.2, 0.25) is 0 Å². The standard InChI is InChI=1S/C22H19FN2S2/c1-14(2)16-6-8-17(9-7-16)19-12-27-22-20(19)21(24-13-25-22)26-11-15-4-3-5-18(23)10-15/h3-10,12-14H,11H2,1-2H3. The summed E-state index contributed by atoms with van der Waals surface area (Å²) in [4.78, 5) is 9.93. The fraction of sp³-hybridized carbons (Fsp3) is 0.182. The first-order valence-electron chi connectivity index (χ1n) is 8.81. The molecule has 2 heterocycles. The SMILES string of the molecule is CC(C)c1ccc(-c2csc3ncnc(SCc4cccc(F)c4)c23)cc1. The van der Waals surface area contributed by atoms with Gasteiger partial charge in [0.25, 0.3) is 0 Å². The lowest BCUT2D eigenvalue weighted by molar-refractivity contribution is 0.626. The number of aromatic nitrogens is 2. The Morgan fingerprint density at radius 3 is 2.63 bits per heavy atom. The lowest BCUT2D eigenvalue weighted by atomic mass is 9.99. The summed E-state index contributed by atoms with van der Waals surface area (Å²) in [5.74, 6) is 0.979. The molecule has 0 spiro atoms. The zero-order valence-electron chi connectivity index (χ0n) is 15.1. The van der Waals surface area contributed by atoms with Crippen molar-refractivity contribution in [3.63, 3.8) is 0 Å². The zero-order chi connectivity index (χ0) is 18.8. The van der Waals surface area contributed by atoms with E-state index in [1.807, 2.05) is 6.07 Å². The van der Waals surface area contributed by atoms with Gasteiger partial charge in [0.1, 0.15) is 22.0 Å². The van der Waals surface area contributed by atoms with Crippen LogP contribution in [0.15, 0.2) is 65.3 Å². The minimum Gasteiger partial charge on any atom is -0.229 e. The van der Waals surface area contributed by atoms with Gasteiger partial charge in [-0.3, -0.25) is 0 Å². The number of halogens is 1. The summed E-state index contributed by atoms with van der Waals surface area (Å²) in [5.41, 5.74) is 4.61. The van der Waals surface area contributed by atoms with Crippen molar-refractivity contribution in [1.82, 2.24) is 9.97 Å². The maximum absolute atomic E-state index is 13.4. The molecule has 0 saturated carbocycles. The zero-order valence-corrected chi connectivity index (χ0v) is 16.8. The van der Waals surface area contributed by atoms with E-state index in [0.717, 1.165) is 26.4 Å². The molecule has 2 nitrogen and oxygen atoms in total. The van der Waals surface area contributed by atoms with Crippen LogP contribution in [0.5, 0.6) is 0 Å². The third kappa shape index (κ3) is 3.89. The van der Waals surface area contributed by atoms with Gasteiger partial charge in [0.15, 0.2) is 0 Å². The Morgan fingerprint density at radius 2 is 1.89 bits per heavy atom. The van der Waals surface area contributed by atoms with Gasteiger partial charge >= 0.3 is 0 Å². The summed E-state index contributed by atoms with van der Waals surface area (Å²) >= 11 is 3.26. The van der Waals surface area contributed by atoms with Crippen molar-refractivity contribution in [2.24, 2.45) is 0 Å². The van der Waals surface area contributed by atoms with Gasteiger partial charge in [-0.15, -0.1) is 23.1 Å². The summed E-state index contributed by atoms with van der Waals surface area (Å²) in [6.07, 6.45) is 1.61. The van der Waals surface area contributed by atoms with Crippen LogP contribution in [0.25, 0.3) is 21.3 Å². The predicted octanol–water partition coefficient (Wildman–Crippen LogP) is 6.91. The van der Waals surface area contributed by atoms with Gasteiger partial charge < -0.3 is 0 Å². The summed E-state index contributed by atoms with van der Waals surface area (Å²) in [5, 5.41) is 4.17. The van der Waals surface area contributed by atoms with Crippen molar-refractivity contribution < 1.29 is 4.39 Å². The molecule has 0 amide bonds. The highest BCUT2D eigenvalue weighted by Crippen LogP contribution is 2.39. The van der Waals surface area contributed by atoms with Crippen LogP contribution >= 0.6 is 23.1 Å². The molecule has 0 aliphatic heterocycles. The average molecular weight is 395 g/mol. The van der Waals surface area contributed by atoms with E-state index in [2.05, 4.69) is 53.5 Å². The summed E-state index contributed by atoms with van der Waals surface area (Å²) in [6.45, 7) is 4.40. The largest absolute Gasteiger partial charge is 0.229 e. The van der Waals surface area contributed by atoms with E-state index in [1.54, 1.807) is 41.6 Å². The number of rotatable bonds is 5.